The summed E-state index contributed by atoms with van der Waals surface area (Å²) in [6.45, 7) is 0. The molecule has 0 bridgehead atoms. The van der Waals surface area contributed by atoms with Crippen LogP contribution in [0.15, 0.2) is 16.5 Å². The van der Waals surface area contributed by atoms with Crippen LogP contribution in [0.1, 0.15) is 0 Å². The van der Waals surface area contributed by atoms with E-state index in [0.717, 1.165) is 6.34 Å². The molecule has 0 fully saturated rings. The van der Waals surface area contributed by atoms with Gasteiger partial charge >= 0.3 is 10.4 Å². The molecule has 1 aliphatic heterocycles. The van der Waals surface area contributed by atoms with Gasteiger partial charge in [0.2, 0.25) is 0 Å². The SMILES string of the molecule is NC1=C(N)C(N)N(OS(=O)(=O)O)C=N1. The summed E-state index contributed by atoms with van der Waals surface area (Å²) in [7, 11) is -4.66. The van der Waals surface area contributed by atoms with Crippen molar-refractivity contribution in [3.05, 3.63) is 11.5 Å². The second-order valence-electron chi connectivity index (χ2n) is 2.39. The molecule has 80 valence electrons. The minimum Gasteiger partial charge on any atom is -0.396 e. The highest BCUT2D eigenvalue weighted by molar-refractivity contribution is 7.80. The number of aliphatic imine (C=N–C) groups is 1. The van der Waals surface area contributed by atoms with Crippen molar-refractivity contribution in [1.82, 2.24) is 5.06 Å². The molecule has 0 saturated carbocycles. The topological polar surface area (TPSA) is 157 Å². The van der Waals surface area contributed by atoms with E-state index in [4.69, 9.17) is 21.8 Å². The molecule has 0 amide bonds. The second kappa shape index (κ2) is 3.42. The van der Waals surface area contributed by atoms with Crippen molar-refractivity contribution >= 4 is 16.7 Å². The molecule has 1 unspecified atom stereocenters. The Morgan fingerprint density at radius 1 is 1.57 bits per heavy atom. The summed E-state index contributed by atoms with van der Waals surface area (Å²) < 4.78 is 33.0. The lowest BCUT2D eigenvalue weighted by molar-refractivity contribution is -0.00878. The first-order valence-corrected chi connectivity index (χ1v) is 4.68. The predicted molar refractivity (Wildman–Crippen MR) is 46.3 cm³/mol. The highest BCUT2D eigenvalue weighted by Crippen LogP contribution is 2.09. The predicted octanol–water partition coefficient (Wildman–Crippen LogP) is -2.56. The van der Waals surface area contributed by atoms with Crippen LogP contribution in [0.3, 0.4) is 0 Å². The van der Waals surface area contributed by atoms with Gasteiger partial charge in [0.1, 0.15) is 18.3 Å². The minimum atomic E-state index is -4.66. The van der Waals surface area contributed by atoms with Crippen LogP contribution < -0.4 is 17.2 Å². The van der Waals surface area contributed by atoms with Gasteiger partial charge in [-0.3, -0.25) is 4.55 Å². The summed E-state index contributed by atoms with van der Waals surface area (Å²) in [5, 5.41) is 0.557. The first kappa shape index (κ1) is 10.7. The zero-order valence-electron chi connectivity index (χ0n) is 6.86. The number of nitrogens with zero attached hydrogens (tertiary/aromatic N) is 2. The molecule has 1 rings (SSSR count). The molecular formula is C4H9N5O4S. The largest absolute Gasteiger partial charge is 0.418 e. The van der Waals surface area contributed by atoms with Gasteiger partial charge in [-0.05, 0) is 0 Å². The quantitative estimate of drug-likeness (QED) is 0.372. The zero-order valence-corrected chi connectivity index (χ0v) is 7.68. The van der Waals surface area contributed by atoms with Gasteiger partial charge in [0.15, 0.2) is 0 Å². The lowest BCUT2D eigenvalue weighted by atomic mass is 10.3. The molecule has 10 heteroatoms. The van der Waals surface area contributed by atoms with E-state index in [1.165, 1.54) is 0 Å². The number of rotatable bonds is 2. The number of hydrogen-bond acceptors (Lipinski definition) is 8. The summed E-state index contributed by atoms with van der Waals surface area (Å²) >= 11 is 0. The van der Waals surface area contributed by atoms with Crippen LogP contribution in [0.2, 0.25) is 0 Å². The van der Waals surface area contributed by atoms with Gasteiger partial charge in [-0.2, -0.15) is 8.42 Å². The molecule has 0 aliphatic carbocycles. The molecule has 14 heavy (non-hydrogen) atoms. The fraction of sp³-hybridized carbons (Fsp3) is 0.250. The van der Waals surface area contributed by atoms with E-state index >= 15 is 0 Å². The molecule has 9 nitrogen and oxygen atoms in total. The van der Waals surface area contributed by atoms with Gasteiger partial charge in [0, 0.05) is 0 Å². The van der Waals surface area contributed by atoms with E-state index < -0.39 is 16.6 Å². The van der Waals surface area contributed by atoms with Crippen LogP contribution in [0.4, 0.5) is 0 Å². The van der Waals surface area contributed by atoms with Crippen molar-refractivity contribution in [3.8, 4) is 0 Å². The summed E-state index contributed by atoms with van der Waals surface area (Å²) in [6, 6.07) is 0. The maximum atomic E-state index is 10.3. The van der Waals surface area contributed by atoms with Gasteiger partial charge < -0.3 is 17.2 Å². The minimum absolute atomic E-state index is 0.0345. The van der Waals surface area contributed by atoms with Crippen molar-refractivity contribution < 1.29 is 17.3 Å². The lowest BCUT2D eigenvalue weighted by Gasteiger charge is -2.26. The monoisotopic (exact) mass is 223 g/mol. The van der Waals surface area contributed by atoms with Crippen LogP contribution in [0, 0.1) is 0 Å². The van der Waals surface area contributed by atoms with Gasteiger partial charge in [0.25, 0.3) is 0 Å². The highest BCUT2D eigenvalue weighted by Gasteiger charge is 2.25. The van der Waals surface area contributed by atoms with E-state index in [1.807, 2.05) is 0 Å². The van der Waals surface area contributed by atoms with E-state index in [2.05, 4.69) is 9.28 Å². The average molecular weight is 223 g/mol. The number of nitrogens with two attached hydrogens (primary N) is 3. The van der Waals surface area contributed by atoms with Crippen molar-refractivity contribution in [3.63, 3.8) is 0 Å². The molecule has 1 aliphatic rings. The molecule has 1 atom stereocenters. The van der Waals surface area contributed by atoms with Crippen molar-refractivity contribution in [2.75, 3.05) is 0 Å². The standard InChI is InChI=1S/C4H9N5O4S/c5-2-3(6)8-1-9(4(2)7)13-14(10,11)12/h1,4H,5-7H2,(H,10,11,12). The normalized spacial score (nSPS) is 23.0. The molecule has 0 saturated heterocycles. The average Bonchev–Trinajstić information content (AvgIpc) is 2.04. The van der Waals surface area contributed by atoms with Gasteiger partial charge in [-0.15, -0.1) is 4.28 Å². The zero-order chi connectivity index (χ0) is 10.9. The summed E-state index contributed by atoms with van der Waals surface area (Å²) in [6.07, 6.45) is -0.223. The Kier molecular flexibility index (Phi) is 2.62. The molecule has 0 radical (unpaired) electrons. The van der Waals surface area contributed by atoms with E-state index in [9.17, 15) is 8.42 Å². The number of hydroxylamine groups is 2. The Morgan fingerprint density at radius 3 is 2.64 bits per heavy atom. The summed E-state index contributed by atoms with van der Waals surface area (Å²) in [5.41, 5.74) is 16.0. The molecule has 1 heterocycles. The smallest absolute Gasteiger partial charge is 0.396 e. The van der Waals surface area contributed by atoms with Gasteiger partial charge in [0.05, 0.1) is 5.70 Å². The van der Waals surface area contributed by atoms with Crippen molar-refractivity contribution in [2.24, 2.45) is 22.2 Å². The Hall–Kier alpha value is -1.36. The first-order valence-electron chi connectivity index (χ1n) is 3.31. The fourth-order valence-corrected chi connectivity index (χ4v) is 1.08. The van der Waals surface area contributed by atoms with Crippen LogP contribution in [-0.2, 0) is 14.7 Å². The summed E-state index contributed by atoms with van der Waals surface area (Å²) in [4.78, 5) is 3.48. The van der Waals surface area contributed by atoms with Crippen LogP contribution in [0.25, 0.3) is 0 Å². The van der Waals surface area contributed by atoms with Crippen LogP contribution in [-0.4, -0.2) is 30.5 Å². The summed E-state index contributed by atoms with van der Waals surface area (Å²) in [5.74, 6) is -0.0345. The van der Waals surface area contributed by atoms with Crippen molar-refractivity contribution in [1.29, 1.82) is 0 Å². The highest BCUT2D eigenvalue weighted by atomic mass is 32.3. The Balaban J connectivity index is 2.84. The van der Waals surface area contributed by atoms with E-state index in [-0.39, 0.29) is 11.5 Å². The first-order chi connectivity index (χ1) is 6.31. The van der Waals surface area contributed by atoms with Gasteiger partial charge in [-0.25, -0.2) is 10.1 Å². The maximum absolute atomic E-state index is 10.3. The van der Waals surface area contributed by atoms with Crippen LogP contribution >= 0.6 is 0 Å². The van der Waals surface area contributed by atoms with Gasteiger partial charge in [-0.1, -0.05) is 0 Å². The molecule has 0 spiro atoms. The fourth-order valence-electron chi connectivity index (χ4n) is 0.728. The Bertz CT molecular complexity index is 387. The molecule has 0 aromatic rings. The third-order valence-electron chi connectivity index (χ3n) is 1.38. The number of hydrogen-bond donors (Lipinski definition) is 4. The maximum Gasteiger partial charge on any atom is 0.418 e. The van der Waals surface area contributed by atoms with Crippen LogP contribution in [0.5, 0.6) is 0 Å². The molecule has 7 N–H and O–H groups in total. The molecule has 0 aromatic carbocycles. The molecule has 0 aromatic heterocycles. The second-order valence-corrected chi connectivity index (χ2v) is 3.40. The third-order valence-corrected chi connectivity index (χ3v) is 1.74. The Labute approximate surface area is 79.7 Å². The lowest BCUT2D eigenvalue weighted by Crippen LogP contribution is -2.48. The van der Waals surface area contributed by atoms with Crippen molar-refractivity contribution in [2.45, 2.75) is 6.17 Å². The van der Waals surface area contributed by atoms with E-state index in [1.54, 1.807) is 0 Å². The third kappa shape index (κ3) is 2.32. The van der Waals surface area contributed by atoms with E-state index in [0.29, 0.717) is 5.06 Å². The Morgan fingerprint density at radius 2 is 2.14 bits per heavy atom. The molecular weight excluding hydrogens is 214 g/mol.